The summed E-state index contributed by atoms with van der Waals surface area (Å²) >= 11 is 0. The number of ether oxygens (including phenoxy) is 3. The van der Waals surface area contributed by atoms with Crippen LogP contribution in [-0.4, -0.2) is 63.1 Å². The van der Waals surface area contributed by atoms with Crippen LogP contribution in [0.2, 0.25) is 0 Å². The van der Waals surface area contributed by atoms with Gasteiger partial charge in [-0.3, -0.25) is 4.90 Å². The number of amides is 1. The number of alkyl carbamates (subject to hydrolysis) is 1. The van der Waals surface area contributed by atoms with E-state index in [4.69, 9.17) is 14.2 Å². The first-order chi connectivity index (χ1) is 18.6. The molecule has 0 saturated carbocycles. The minimum Gasteiger partial charge on any atom is -0.460 e. The van der Waals surface area contributed by atoms with E-state index in [9.17, 15) is 31.5 Å². The van der Waals surface area contributed by atoms with Gasteiger partial charge in [-0.2, -0.15) is 13.2 Å². The van der Waals surface area contributed by atoms with Crippen molar-refractivity contribution >= 4 is 12.1 Å². The molecule has 2 aromatic rings. The molecular formula is C26H31F5N4O5. The minimum absolute atomic E-state index is 0.00298. The van der Waals surface area contributed by atoms with E-state index in [1.54, 1.807) is 34.7 Å². The molecule has 0 unspecified atom stereocenters. The van der Waals surface area contributed by atoms with Crippen LogP contribution in [0.4, 0.5) is 26.7 Å². The maximum absolute atomic E-state index is 14.8. The van der Waals surface area contributed by atoms with Gasteiger partial charge < -0.3 is 24.1 Å². The number of carbonyl (C=O) groups excluding carboxylic acids is 2. The number of alkyl halides is 3. The molecule has 1 fully saturated rings. The van der Waals surface area contributed by atoms with Crippen molar-refractivity contribution in [3.05, 3.63) is 52.6 Å². The van der Waals surface area contributed by atoms with E-state index in [0.717, 1.165) is 18.2 Å². The Hall–Kier alpha value is -3.26. The molecule has 14 heteroatoms. The predicted molar refractivity (Wildman–Crippen MR) is 130 cm³/mol. The molecule has 220 valence electrons. The Morgan fingerprint density at radius 2 is 1.88 bits per heavy atom. The highest BCUT2D eigenvalue weighted by Crippen LogP contribution is 2.43. The van der Waals surface area contributed by atoms with Crippen molar-refractivity contribution < 1.29 is 45.8 Å². The lowest BCUT2D eigenvalue weighted by Crippen LogP contribution is -2.59. The summed E-state index contributed by atoms with van der Waals surface area (Å²) in [6.45, 7) is 6.55. The van der Waals surface area contributed by atoms with Crippen LogP contribution in [0.3, 0.4) is 0 Å². The quantitative estimate of drug-likeness (QED) is 0.414. The van der Waals surface area contributed by atoms with Crippen LogP contribution in [0.25, 0.3) is 0 Å². The summed E-state index contributed by atoms with van der Waals surface area (Å²) in [6, 6.07) is -0.169. The zero-order valence-corrected chi connectivity index (χ0v) is 22.6. The highest BCUT2D eigenvalue weighted by molar-refractivity contribution is 5.85. The van der Waals surface area contributed by atoms with Crippen LogP contribution in [-0.2, 0) is 34.3 Å². The zero-order valence-electron chi connectivity index (χ0n) is 22.6. The van der Waals surface area contributed by atoms with E-state index in [-0.39, 0.29) is 31.9 Å². The highest BCUT2D eigenvalue weighted by Gasteiger charge is 2.55. The lowest BCUT2D eigenvalue weighted by atomic mass is 9.88. The first kappa shape index (κ1) is 29.7. The van der Waals surface area contributed by atoms with Crippen LogP contribution in [0.5, 0.6) is 0 Å². The molecule has 40 heavy (non-hydrogen) atoms. The lowest BCUT2D eigenvalue weighted by Gasteiger charge is -2.45. The van der Waals surface area contributed by atoms with E-state index in [2.05, 4.69) is 10.3 Å². The Labute approximate surface area is 227 Å². The van der Waals surface area contributed by atoms with Gasteiger partial charge in [-0.05, 0) is 52.3 Å². The fourth-order valence-corrected chi connectivity index (χ4v) is 5.07. The number of halogens is 5. The second-order valence-corrected chi connectivity index (χ2v) is 10.8. The van der Waals surface area contributed by atoms with E-state index >= 15 is 0 Å². The SMILES string of the molecule is CCOC(=O)c1nc2c(n1C)CN([C@@H]1C[C@H](NC(=O)OC(C)(C)C)[C@@H](c3cc(F)ccc3F)O[C@@H]1C(F)(F)F)C2. The van der Waals surface area contributed by atoms with Gasteiger partial charge in [-0.25, -0.2) is 23.4 Å². The van der Waals surface area contributed by atoms with Gasteiger partial charge in [0.15, 0.2) is 6.10 Å². The number of carbonyl (C=O) groups is 2. The van der Waals surface area contributed by atoms with Gasteiger partial charge in [0.25, 0.3) is 0 Å². The second kappa shape index (κ2) is 11.0. The van der Waals surface area contributed by atoms with Crippen LogP contribution < -0.4 is 5.32 Å². The van der Waals surface area contributed by atoms with E-state index in [0.29, 0.717) is 11.4 Å². The number of benzene rings is 1. The van der Waals surface area contributed by atoms with Crippen molar-refractivity contribution in [3.8, 4) is 0 Å². The molecule has 2 aliphatic heterocycles. The number of nitrogens with one attached hydrogen (secondary N) is 1. The maximum Gasteiger partial charge on any atom is 0.416 e. The first-order valence-electron chi connectivity index (χ1n) is 12.7. The summed E-state index contributed by atoms with van der Waals surface area (Å²) in [4.78, 5) is 30.6. The van der Waals surface area contributed by atoms with Gasteiger partial charge in [-0.1, -0.05) is 0 Å². The zero-order chi connectivity index (χ0) is 29.6. The average Bonchev–Trinajstić information content (AvgIpc) is 3.38. The molecule has 0 aliphatic carbocycles. The molecule has 4 rings (SSSR count). The summed E-state index contributed by atoms with van der Waals surface area (Å²) in [5, 5.41) is 2.51. The monoisotopic (exact) mass is 574 g/mol. The lowest BCUT2D eigenvalue weighted by molar-refractivity contribution is -0.270. The summed E-state index contributed by atoms with van der Waals surface area (Å²) in [7, 11) is 1.57. The molecule has 2 aliphatic rings. The van der Waals surface area contributed by atoms with Gasteiger partial charge in [-0.15, -0.1) is 0 Å². The van der Waals surface area contributed by atoms with Crippen LogP contribution >= 0.6 is 0 Å². The van der Waals surface area contributed by atoms with E-state index in [1.807, 2.05) is 0 Å². The predicted octanol–water partition coefficient (Wildman–Crippen LogP) is 4.55. The van der Waals surface area contributed by atoms with Crippen molar-refractivity contribution in [1.29, 1.82) is 0 Å². The van der Waals surface area contributed by atoms with Crippen LogP contribution in [0.15, 0.2) is 18.2 Å². The molecule has 0 radical (unpaired) electrons. The summed E-state index contributed by atoms with van der Waals surface area (Å²) in [5.74, 6) is -2.47. The molecule has 9 nitrogen and oxygen atoms in total. The van der Waals surface area contributed by atoms with Crippen molar-refractivity contribution in [3.63, 3.8) is 0 Å². The molecular weight excluding hydrogens is 543 g/mol. The molecule has 3 heterocycles. The molecule has 4 atom stereocenters. The van der Waals surface area contributed by atoms with Crippen LogP contribution in [0.1, 0.15) is 67.8 Å². The maximum atomic E-state index is 14.8. The third-order valence-electron chi connectivity index (χ3n) is 6.72. The standard InChI is InChI=1S/C26H31F5N4O5/c1-6-38-23(36)22-32-17-11-35(12-19(17)34(22)5)18-10-16(33-24(37)40-25(2,3)4)20(39-21(18)26(29,30)31)14-9-13(27)7-8-15(14)28/h7-9,16,18,20-21H,6,10-12H2,1-5H3,(H,33,37)/t16-,18+,20+,21-/m0/s1. The Bertz CT molecular complexity index is 1280. The minimum atomic E-state index is -4.89. The van der Waals surface area contributed by atoms with Crippen LogP contribution in [0, 0.1) is 11.6 Å². The highest BCUT2D eigenvalue weighted by atomic mass is 19.4. The first-order valence-corrected chi connectivity index (χ1v) is 12.7. The number of hydrogen-bond donors (Lipinski definition) is 1. The fourth-order valence-electron chi connectivity index (χ4n) is 5.07. The molecule has 1 N–H and O–H groups in total. The number of hydrogen-bond acceptors (Lipinski definition) is 7. The number of nitrogens with zero attached hydrogens (tertiary/aromatic N) is 3. The fraction of sp³-hybridized carbons (Fsp3) is 0.577. The topological polar surface area (TPSA) is 94.9 Å². The summed E-state index contributed by atoms with van der Waals surface area (Å²) in [5.41, 5.74) is -0.453. The summed E-state index contributed by atoms with van der Waals surface area (Å²) < 4.78 is 89.3. The van der Waals surface area contributed by atoms with E-state index in [1.165, 1.54) is 9.47 Å². The Balaban J connectivity index is 1.67. The van der Waals surface area contributed by atoms with Gasteiger partial charge in [0.2, 0.25) is 5.82 Å². The van der Waals surface area contributed by atoms with Gasteiger partial charge in [0.1, 0.15) is 23.3 Å². The van der Waals surface area contributed by atoms with Gasteiger partial charge in [0.05, 0.1) is 24.0 Å². The number of rotatable bonds is 5. The van der Waals surface area contributed by atoms with Crippen molar-refractivity contribution in [2.24, 2.45) is 7.05 Å². The Morgan fingerprint density at radius 1 is 1.18 bits per heavy atom. The van der Waals surface area contributed by atoms with Gasteiger partial charge >= 0.3 is 18.2 Å². The van der Waals surface area contributed by atoms with Gasteiger partial charge in [0, 0.05) is 31.7 Å². The second-order valence-electron chi connectivity index (χ2n) is 10.8. The number of imidazole rings is 1. The molecule has 0 bridgehead atoms. The number of esters is 1. The smallest absolute Gasteiger partial charge is 0.416 e. The Morgan fingerprint density at radius 3 is 2.48 bits per heavy atom. The Kier molecular flexibility index (Phi) is 8.14. The largest absolute Gasteiger partial charge is 0.460 e. The third kappa shape index (κ3) is 6.22. The molecule has 0 spiro atoms. The third-order valence-corrected chi connectivity index (χ3v) is 6.72. The normalized spacial score (nSPS) is 23.6. The molecule has 1 aromatic carbocycles. The average molecular weight is 575 g/mol. The molecule has 1 saturated heterocycles. The van der Waals surface area contributed by atoms with Crippen molar-refractivity contribution in [1.82, 2.24) is 19.8 Å². The van der Waals surface area contributed by atoms with E-state index < -0.39 is 65.3 Å². The molecule has 1 aromatic heterocycles. The number of fused-ring (bicyclic) bond motifs is 1. The number of aromatic nitrogens is 2. The van der Waals surface area contributed by atoms with Crippen molar-refractivity contribution in [2.45, 2.75) is 83.3 Å². The summed E-state index contributed by atoms with van der Waals surface area (Å²) in [6.07, 6.45) is -10.2. The van der Waals surface area contributed by atoms with Crippen molar-refractivity contribution in [2.75, 3.05) is 6.61 Å². The molecule has 1 amide bonds.